The number of carbonyl (C=O) groups excluding carboxylic acids is 1. The molecule has 11 heteroatoms. The van der Waals surface area contributed by atoms with Crippen molar-refractivity contribution in [3.8, 4) is 11.3 Å². The Hall–Kier alpha value is -3.89. The highest BCUT2D eigenvalue weighted by Gasteiger charge is 2.38. The van der Waals surface area contributed by atoms with E-state index in [2.05, 4.69) is 15.2 Å². The van der Waals surface area contributed by atoms with E-state index in [9.17, 15) is 22.4 Å². The van der Waals surface area contributed by atoms with Gasteiger partial charge in [-0.1, -0.05) is 12.1 Å². The lowest BCUT2D eigenvalue weighted by Gasteiger charge is -2.20. The fraction of sp³-hybridized carbons (Fsp3) is 0.261. The van der Waals surface area contributed by atoms with Crippen molar-refractivity contribution in [1.29, 1.82) is 0 Å². The number of hydrogen-bond acceptors (Lipinski definition) is 5. The molecule has 0 atom stereocenters. The van der Waals surface area contributed by atoms with Gasteiger partial charge in [-0.25, -0.2) is 9.18 Å². The number of aromatic nitrogens is 3. The smallest absolute Gasteiger partial charge is 0.475 e. The molecule has 2 aromatic heterocycles. The van der Waals surface area contributed by atoms with E-state index in [1.807, 2.05) is 23.1 Å². The van der Waals surface area contributed by atoms with Crippen molar-refractivity contribution in [2.75, 3.05) is 13.1 Å². The standard InChI is InChI=1S/C21H19FN4O.C2HF3O2/c22-18-5-1-3-15(11-18)12-21(27)26-9-6-16-13-20(17-4-2-8-23-14-17)25-24-19(16)7-10-26;3-2(4,5)1(6)7/h1-5,8,11,13-14H,6-7,9-10,12H2;(H,6,7). The molecule has 0 fully saturated rings. The van der Waals surface area contributed by atoms with Crippen molar-refractivity contribution in [1.82, 2.24) is 20.1 Å². The van der Waals surface area contributed by atoms with Gasteiger partial charge in [-0.2, -0.15) is 23.4 Å². The first-order valence-electron chi connectivity index (χ1n) is 10.2. The molecule has 4 rings (SSSR count). The van der Waals surface area contributed by atoms with Gasteiger partial charge < -0.3 is 10.0 Å². The number of hydrogen-bond donors (Lipinski definition) is 1. The van der Waals surface area contributed by atoms with Gasteiger partial charge in [0.15, 0.2) is 0 Å². The van der Waals surface area contributed by atoms with E-state index in [1.54, 1.807) is 24.5 Å². The lowest BCUT2D eigenvalue weighted by atomic mass is 10.1. The highest BCUT2D eigenvalue weighted by atomic mass is 19.4. The number of aliphatic carboxylic acids is 1. The van der Waals surface area contributed by atoms with Gasteiger partial charge in [-0.05, 0) is 47.9 Å². The summed E-state index contributed by atoms with van der Waals surface area (Å²) in [6, 6.07) is 12.1. The van der Waals surface area contributed by atoms with Crippen molar-refractivity contribution in [3.63, 3.8) is 0 Å². The van der Waals surface area contributed by atoms with Crippen LogP contribution in [0.15, 0.2) is 54.9 Å². The number of amides is 1. The molecule has 1 N–H and O–H groups in total. The van der Waals surface area contributed by atoms with Crippen LogP contribution in [0.4, 0.5) is 17.6 Å². The van der Waals surface area contributed by atoms with E-state index in [-0.39, 0.29) is 18.1 Å². The number of benzene rings is 1. The molecule has 0 spiro atoms. The Balaban J connectivity index is 0.000000406. The van der Waals surface area contributed by atoms with E-state index >= 15 is 0 Å². The van der Waals surface area contributed by atoms with E-state index in [1.165, 1.54) is 12.1 Å². The van der Waals surface area contributed by atoms with Crippen molar-refractivity contribution >= 4 is 11.9 Å². The van der Waals surface area contributed by atoms with Gasteiger partial charge in [0, 0.05) is 37.5 Å². The van der Waals surface area contributed by atoms with E-state index in [4.69, 9.17) is 9.90 Å². The van der Waals surface area contributed by atoms with Crippen LogP contribution in [0.3, 0.4) is 0 Å². The third kappa shape index (κ3) is 6.80. The normalized spacial score (nSPS) is 13.2. The molecular weight excluding hydrogens is 456 g/mol. The minimum atomic E-state index is -5.08. The van der Waals surface area contributed by atoms with Gasteiger partial charge >= 0.3 is 12.1 Å². The Morgan fingerprint density at radius 3 is 2.41 bits per heavy atom. The van der Waals surface area contributed by atoms with Crippen LogP contribution in [0.5, 0.6) is 0 Å². The first-order valence-corrected chi connectivity index (χ1v) is 10.2. The van der Waals surface area contributed by atoms with E-state index in [0.29, 0.717) is 25.1 Å². The number of nitrogens with zero attached hydrogens (tertiary/aromatic N) is 4. The predicted octanol–water partition coefficient (Wildman–Crippen LogP) is 3.48. The summed E-state index contributed by atoms with van der Waals surface area (Å²) in [6.07, 6.45) is 0.0165. The maximum atomic E-state index is 13.3. The maximum absolute atomic E-state index is 13.3. The SMILES string of the molecule is O=C(Cc1cccc(F)c1)N1CCc2cc(-c3cccnc3)nnc2CC1.O=C(O)C(F)(F)F. The zero-order valence-electron chi connectivity index (χ0n) is 17.8. The summed E-state index contributed by atoms with van der Waals surface area (Å²) in [5.41, 5.74) is 4.46. The molecule has 34 heavy (non-hydrogen) atoms. The van der Waals surface area contributed by atoms with Crippen LogP contribution in [0.1, 0.15) is 16.8 Å². The van der Waals surface area contributed by atoms with Crippen LogP contribution in [0.25, 0.3) is 11.3 Å². The zero-order valence-corrected chi connectivity index (χ0v) is 17.8. The molecule has 178 valence electrons. The molecule has 0 unspecified atom stereocenters. The fourth-order valence-electron chi connectivity index (χ4n) is 3.33. The quantitative estimate of drug-likeness (QED) is 0.582. The molecule has 0 saturated heterocycles. The monoisotopic (exact) mass is 476 g/mol. The second-order valence-electron chi connectivity index (χ2n) is 7.43. The van der Waals surface area contributed by atoms with Crippen molar-refractivity contribution < 1.29 is 32.3 Å². The Labute approximate surface area is 192 Å². The Kier molecular flexibility index (Phi) is 7.87. The Morgan fingerprint density at radius 2 is 1.76 bits per heavy atom. The Bertz CT molecular complexity index is 1160. The summed E-state index contributed by atoms with van der Waals surface area (Å²) >= 11 is 0. The second kappa shape index (κ2) is 10.8. The van der Waals surface area contributed by atoms with Crippen LogP contribution in [-0.2, 0) is 28.9 Å². The minimum absolute atomic E-state index is 0.00819. The molecule has 1 amide bonds. The molecule has 0 saturated carbocycles. The van der Waals surface area contributed by atoms with Crippen LogP contribution >= 0.6 is 0 Å². The first kappa shape index (κ1) is 24.7. The van der Waals surface area contributed by atoms with E-state index < -0.39 is 12.1 Å². The predicted molar refractivity (Wildman–Crippen MR) is 113 cm³/mol. The summed E-state index contributed by atoms with van der Waals surface area (Å²) in [7, 11) is 0. The molecule has 7 nitrogen and oxygen atoms in total. The second-order valence-corrected chi connectivity index (χ2v) is 7.43. The summed E-state index contributed by atoms with van der Waals surface area (Å²) in [6.45, 7) is 1.22. The average molecular weight is 476 g/mol. The van der Waals surface area contributed by atoms with Crippen molar-refractivity contribution in [3.05, 3.63) is 77.5 Å². The fourth-order valence-corrected chi connectivity index (χ4v) is 3.33. The van der Waals surface area contributed by atoms with Crippen LogP contribution in [0.2, 0.25) is 0 Å². The average Bonchev–Trinajstić information content (AvgIpc) is 3.02. The highest BCUT2D eigenvalue weighted by Crippen LogP contribution is 2.21. The summed E-state index contributed by atoms with van der Waals surface area (Å²) in [4.78, 5) is 27.5. The number of carboxylic acids is 1. The largest absolute Gasteiger partial charge is 0.490 e. The molecular formula is C23H20F4N4O3. The number of alkyl halides is 3. The topological polar surface area (TPSA) is 96.3 Å². The third-order valence-electron chi connectivity index (χ3n) is 5.03. The molecule has 0 radical (unpaired) electrons. The number of fused-ring (bicyclic) bond motifs is 1. The van der Waals surface area contributed by atoms with Gasteiger partial charge in [0.05, 0.1) is 17.8 Å². The van der Waals surface area contributed by atoms with E-state index in [0.717, 1.165) is 28.9 Å². The van der Waals surface area contributed by atoms with Gasteiger partial charge in [0.2, 0.25) is 5.91 Å². The molecule has 0 aliphatic carbocycles. The summed E-state index contributed by atoms with van der Waals surface area (Å²) in [5.74, 6) is -3.07. The lowest BCUT2D eigenvalue weighted by molar-refractivity contribution is -0.192. The van der Waals surface area contributed by atoms with Gasteiger partial charge in [-0.3, -0.25) is 9.78 Å². The lowest BCUT2D eigenvalue weighted by Crippen LogP contribution is -2.34. The van der Waals surface area contributed by atoms with Crippen molar-refractivity contribution in [2.45, 2.75) is 25.4 Å². The van der Waals surface area contributed by atoms with Crippen LogP contribution < -0.4 is 0 Å². The number of carboxylic acid groups (broad SMARTS) is 1. The highest BCUT2D eigenvalue weighted by molar-refractivity contribution is 5.79. The summed E-state index contributed by atoms with van der Waals surface area (Å²) < 4.78 is 45.1. The maximum Gasteiger partial charge on any atom is 0.490 e. The van der Waals surface area contributed by atoms with Gasteiger partial charge in [0.25, 0.3) is 0 Å². The molecule has 1 aliphatic rings. The van der Waals surface area contributed by atoms with Crippen molar-refractivity contribution in [2.24, 2.45) is 0 Å². The molecule has 1 aliphatic heterocycles. The van der Waals surface area contributed by atoms with Crippen LogP contribution in [-0.4, -0.2) is 56.3 Å². The number of carbonyl (C=O) groups is 2. The number of halogens is 4. The first-order chi connectivity index (χ1) is 16.1. The molecule has 3 heterocycles. The third-order valence-corrected chi connectivity index (χ3v) is 5.03. The van der Waals surface area contributed by atoms with Gasteiger partial charge in [-0.15, -0.1) is 0 Å². The molecule has 3 aromatic rings. The minimum Gasteiger partial charge on any atom is -0.475 e. The number of pyridine rings is 1. The van der Waals surface area contributed by atoms with Gasteiger partial charge in [0.1, 0.15) is 5.82 Å². The molecule has 1 aromatic carbocycles. The van der Waals surface area contributed by atoms with Crippen LogP contribution in [0, 0.1) is 5.82 Å². The Morgan fingerprint density at radius 1 is 1.03 bits per heavy atom. The number of rotatable bonds is 3. The summed E-state index contributed by atoms with van der Waals surface area (Å²) in [5, 5.41) is 15.8. The zero-order chi connectivity index (χ0) is 24.7. The molecule has 0 bridgehead atoms.